The highest BCUT2D eigenvalue weighted by atomic mass is 79.9. The van der Waals surface area contributed by atoms with Crippen molar-refractivity contribution in [2.75, 3.05) is 6.61 Å². The molecule has 84 valence electrons. The first kappa shape index (κ1) is 12.7. The molecule has 16 heavy (non-hydrogen) atoms. The van der Waals surface area contributed by atoms with Gasteiger partial charge in [0.05, 0.1) is 17.7 Å². The number of ether oxygens (including phenoxy) is 1. The van der Waals surface area contributed by atoms with Crippen molar-refractivity contribution < 1.29 is 9.53 Å². The number of rotatable bonds is 3. The topological polar surface area (TPSA) is 50.1 Å². The second-order valence-electron chi connectivity index (χ2n) is 3.15. The third-order valence-electron chi connectivity index (χ3n) is 2.21. The zero-order valence-corrected chi connectivity index (χ0v) is 10.8. The number of hydrogen-bond acceptors (Lipinski definition) is 3. The van der Waals surface area contributed by atoms with Gasteiger partial charge in [-0.05, 0) is 40.9 Å². The Hall–Kier alpha value is -1.34. The van der Waals surface area contributed by atoms with Crippen LogP contribution in [-0.4, -0.2) is 12.6 Å². The van der Waals surface area contributed by atoms with Gasteiger partial charge in [0.1, 0.15) is 6.07 Å². The van der Waals surface area contributed by atoms with Crippen LogP contribution in [0.5, 0.6) is 0 Å². The van der Waals surface area contributed by atoms with Crippen molar-refractivity contribution in [1.29, 1.82) is 5.26 Å². The smallest absolute Gasteiger partial charge is 0.339 e. The summed E-state index contributed by atoms with van der Waals surface area (Å²) in [5.41, 5.74) is 1.66. The number of nitrogens with zero attached hydrogens (tertiary/aromatic N) is 1. The van der Waals surface area contributed by atoms with E-state index in [-0.39, 0.29) is 0 Å². The van der Waals surface area contributed by atoms with E-state index in [9.17, 15) is 4.79 Å². The molecule has 0 saturated heterocycles. The van der Waals surface area contributed by atoms with Gasteiger partial charge in [-0.1, -0.05) is 13.0 Å². The van der Waals surface area contributed by atoms with E-state index < -0.39 is 5.97 Å². The maximum absolute atomic E-state index is 11.6. The largest absolute Gasteiger partial charge is 0.462 e. The van der Waals surface area contributed by atoms with E-state index in [1.165, 1.54) is 0 Å². The summed E-state index contributed by atoms with van der Waals surface area (Å²) in [5.74, 6) is -0.456. The first-order valence-electron chi connectivity index (χ1n) is 5.04. The molecule has 0 radical (unpaired) electrons. The average molecular weight is 282 g/mol. The van der Waals surface area contributed by atoms with Crippen molar-refractivity contribution in [2.45, 2.75) is 20.3 Å². The minimum atomic E-state index is -0.456. The standard InChI is InChI=1S/C12H12BrNO2/c1-3-8-5-6-9(12(15)16-4-2)10(7-14)11(8)13/h5-6H,3-4H2,1-2H3. The third kappa shape index (κ3) is 2.42. The Balaban J connectivity index is 3.27. The molecule has 1 aromatic carbocycles. The van der Waals surface area contributed by atoms with Crippen LogP contribution in [0, 0.1) is 11.3 Å². The first-order valence-corrected chi connectivity index (χ1v) is 5.83. The minimum absolute atomic E-state index is 0.302. The summed E-state index contributed by atoms with van der Waals surface area (Å²) in [6.45, 7) is 4.03. The zero-order chi connectivity index (χ0) is 12.1. The second kappa shape index (κ2) is 5.66. The lowest BCUT2D eigenvalue weighted by molar-refractivity contribution is 0.0526. The van der Waals surface area contributed by atoms with Gasteiger partial charge in [-0.3, -0.25) is 0 Å². The molecule has 0 bridgehead atoms. The molecule has 0 unspecified atom stereocenters. The van der Waals surface area contributed by atoms with E-state index in [1.807, 2.05) is 19.1 Å². The molecule has 0 amide bonds. The summed E-state index contributed by atoms with van der Waals surface area (Å²) in [6, 6.07) is 5.50. The Labute approximate surface area is 103 Å². The van der Waals surface area contributed by atoms with E-state index in [0.29, 0.717) is 22.2 Å². The number of hydrogen-bond donors (Lipinski definition) is 0. The number of halogens is 1. The van der Waals surface area contributed by atoms with Gasteiger partial charge in [-0.15, -0.1) is 0 Å². The van der Waals surface area contributed by atoms with Crippen molar-refractivity contribution >= 4 is 21.9 Å². The molecule has 3 nitrogen and oxygen atoms in total. The number of carbonyl (C=O) groups excluding carboxylic acids is 1. The second-order valence-corrected chi connectivity index (χ2v) is 3.94. The molecule has 0 aromatic heterocycles. The van der Waals surface area contributed by atoms with Crippen molar-refractivity contribution in [3.05, 3.63) is 33.3 Å². The quantitative estimate of drug-likeness (QED) is 0.800. The van der Waals surface area contributed by atoms with Crippen LogP contribution in [0.1, 0.15) is 35.3 Å². The highest BCUT2D eigenvalue weighted by molar-refractivity contribution is 9.10. The van der Waals surface area contributed by atoms with Crippen molar-refractivity contribution in [3.63, 3.8) is 0 Å². The predicted octanol–water partition coefficient (Wildman–Crippen LogP) is 3.06. The van der Waals surface area contributed by atoms with Crippen LogP contribution in [0.15, 0.2) is 16.6 Å². The summed E-state index contributed by atoms with van der Waals surface area (Å²) in [4.78, 5) is 11.6. The van der Waals surface area contributed by atoms with Crippen molar-refractivity contribution in [2.24, 2.45) is 0 Å². The van der Waals surface area contributed by atoms with Gasteiger partial charge in [0.15, 0.2) is 0 Å². The highest BCUT2D eigenvalue weighted by Gasteiger charge is 2.16. The SMILES string of the molecule is CCOC(=O)c1ccc(CC)c(Br)c1C#N. The molecule has 1 aromatic rings. The number of benzene rings is 1. The van der Waals surface area contributed by atoms with E-state index in [0.717, 1.165) is 12.0 Å². The van der Waals surface area contributed by atoms with E-state index in [1.54, 1.807) is 13.0 Å². The lowest BCUT2D eigenvalue weighted by Crippen LogP contribution is -2.08. The highest BCUT2D eigenvalue weighted by Crippen LogP contribution is 2.25. The Kier molecular flexibility index (Phi) is 4.51. The predicted molar refractivity (Wildman–Crippen MR) is 64.2 cm³/mol. The molecule has 0 heterocycles. The molecule has 0 fully saturated rings. The third-order valence-corrected chi connectivity index (χ3v) is 3.12. The lowest BCUT2D eigenvalue weighted by Gasteiger charge is -2.08. The summed E-state index contributed by atoms with van der Waals surface area (Å²) in [7, 11) is 0. The van der Waals surface area contributed by atoms with Crippen molar-refractivity contribution in [3.8, 4) is 6.07 Å². The number of aryl methyl sites for hydroxylation is 1. The van der Waals surface area contributed by atoms with E-state index >= 15 is 0 Å². The molecule has 0 aliphatic rings. The first-order chi connectivity index (χ1) is 7.65. The summed E-state index contributed by atoms with van der Waals surface area (Å²) in [6.07, 6.45) is 0.804. The molecule has 0 saturated carbocycles. The van der Waals surface area contributed by atoms with E-state index in [4.69, 9.17) is 10.00 Å². The Bertz CT molecular complexity index is 449. The number of carbonyl (C=O) groups is 1. The van der Waals surface area contributed by atoms with Crippen LogP contribution in [0.3, 0.4) is 0 Å². The maximum Gasteiger partial charge on any atom is 0.339 e. The van der Waals surface area contributed by atoms with Gasteiger partial charge < -0.3 is 4.74 Å². The summed E-state index contributed by atoms with van der Waals surface area (Å²) < 4.78 is 5.57. The number of nitriles is 1. The van der Waals surface area contributed by atoms with Crippen LogP contribution in [0.4, 0.5) is 0 Å². The van der Waals surface area contributed by atoms with Crippen molar-refractivity contribution in [1.82, 2.24) is 0 Å². The fraction of sp³-hybridized carbons (Fsp3) is 0.333. The van der Waals surface area contributed by atoms with Gasteiger partial charge in [0, 0.05) is 4.47 Å². The molecular formula is C12H12BrNO2. The van der Waals surface area contributed by atoms with Crippen LogP contribution in [0.25, 0.3) is 0 Å². The fourth-order valence-electron chi connectivity index (χ4n) is 1.38. The average Bonchev–Trinajstić information content (AvgIpc) is 2.28. The van der Waals surface area contributed by atoms with Gasteiger partial charge in [-0.25, -0.2) is 4.79 Å². The van der Waals surface area contributed by atoms with Gasteiger partial charge in [0.2, 0.25) is 0 Å². The van der Waals surface area contributed by atoms with Crippen LogP contribution in [-0.2, 0) is 11.2 Å². The van der Waals surface area contributed by atoms with Crippen LogP contribution >= 0.6 is 15.9 Å². The van der Waals surface area contributed by atoms with Gasteiger partial charge in [0.25, 0.3) is 0 Å². The Morgan fingerprint density at radius 3 is 2.69 bits per heavy atom. The molecule has 4 heteroatoms. The lowest BCUT2D eigenvalue weighted by atomic mass is 10.0. The molecule has 1 rings (SSSR count). The Morgan fingerprint density at radius 2 is 2.19 bits per heavy atom. The van der Waals surface area contributed by atoms with Crippen LogP contribution < -0.4 is 0 Å². The zero-order valence-electron chi connectivity index (χ0n) is 9.21. The van der Waals surface area contributed by atoms with Gasteiger partial charge in [-0.2, -0.15) is 5.26 Å². The fourth-order valence-corrected chi connectivity index (χ4v) is 2.10. The molecule has 0 spiro atoms. The molecular weight excluding hydrogens is 270 g/mol. The molecule has 0 atom stereocenters. The Morgan fingerprint density at radius 1 is 1.50 bits per heavy atom. The molecule has 0 N–H and O–H groups in total. The normalized spacial score (nSPS) is 9.62. The minimum Gasteiger partial charge on any atom is -0.462 e. The monoisotopic (exact) mass is 281 g/mol. The molecule has 0 aliphatic carbocycles. The van der Waals surface area contributed by atoms with Gasteiger partial charge >= 0.3 is 5.97 Å². The number of esters is 1. The van der Waals surface area contributed by atoms with Crippen LogP contribution in [0.2, 0.25) is 0 Å². The summed E-state index contributed by atoms with van der Waals surface area (Å²) in [5, 5.41) is 9.05. The van der Waals surface area contributed by atoms with E-state index in [2.05, 4.69) is 15.9 Å². The maximum atomic E-state index is 11.6. The summed E-state index contributed by atoms with van der Waals surface area (Å²) >= 11 is 3.34. The molecule has 0 aliphatic heterocycles.